The van der Waals surface area contributed by atoms with Gasteiger partial charge in [-0.25, -0.2) is 9.07 Å². The molecule has 2 atom stereocenters. The summed E-state index contributed by atoms with van der Waals surface area (Å²) in [6.45, 7) is 3.96. The van der Waals surface area contributed by atoms with Crippen LogP contribution in [0.25, 0.3) is 5.69 Å². The molecule has 1 amide bonds. The summed E-state index contributed by atoms with van der Waals surface area (Å²) in [6, 6.07) is 6.04. The zero-order valence-electron chi connectivity index (χ0n) is 20.7. The fourth-order valence-corrected chi connectivity index (χ4v) is 4.91. The van der Waals surface area contributed by atoms with E-state index < -0.39 is 24.6 Å². The van der Waals surface area contributed by atoms with Crippen LogP contribution in [0.3, 0.4) is 0 Å². The van der Waals surface area contributed by atoms with Gasteiger partial charge < -0.3 is 20.2 Å². The summed E-state index contributed by atoms with van der Waals surface area (Å²) in [5.41, 5.74) is 2.48. The van der Waals surface area contributed by atoms with Crippen LogP contribution in [0.5, 0.6) is 0 Å². The van der Waals surface area contributed by atoms with E-state index in [1.54, 1.807) is 21.7 Å². The maximum atomic E-state index is 13.6. The van der Waals surface area contributed by atoms with Gasteiger partial charge in [0.1, 0.15) is 5.82 Å². The van der Waals surface area contributed by atoms with Gasteiger partial charge in [-0.3, -0.25) is 9.59 Å². The molecular formula is C26H37FN3NaO5. The molecule has 1 saturated carbocycles. The Morgan fingerprint density at radius 2 is 1.75 bits per heavy atom. The van der Waals surface area contributed by atoms with Crippen LogP contribution in [0.1, 0.15) is 86.5 Å². The monoisotopic (exact) mass is 513 g/mol. The van der Waals surface area contributed by atoms with Gasteiger partial charge in [-0.1, -0.05) is 26.7 Å². The molecule has 0 saturated heterocycles. The Morgan fingerprint density at radius 1 is 1.14 bits per heavy atom. The Balaban J connectivity index is 0.00000456. The van der Waals surface area contributed by atoms with Crippen molar-refractivity contribution in [2.24, 2.45) is 0 Å². The molecule has 8 nitrogen and oxygen atoms in total. The Bertz CT molecular complexity index is 1020. The van der Waals surface area contributed by atoms with Crippen molar-refractivity contribution < 1.29 is 29.3 Å². The summed E-state index contributed by atoms with van der Waals surface area (Å²) < 4.78 is 15.2. The zero-order valence-corrected chi connectivity index (χ0v) is 20.7. The second-order valence-electron chi connectivity index (χ2n) is 9.79. The standard InChI is InChI=1S/C26H36FN3O5.Na.H/c1-16(2)24-22(13-12-20(31)14-21(32)15-23(33)34)30(19-10-8-17(27)9-11-19)28-25(24)26(35)29(3)18-6-4-5-7-18;;/h8-11,16,18,20-21,31-32H,4-7,12-15H2,1-3H3,(H,33,34);;/t20-,21-;;/m1../s1. The molecule has 1 aromatic carbocycles. The average molecular weight is 514 g/mol. The van der Waals surface area contributed by atoms with Gasteiger partial charge in [-0.15, -0.1) is 0 Å². The minimum atomic E-state index is -1.15. The molecule has 3 rings (SSSR count). The van der Waals surface area contributed by atoms with E-state index in [2.05, 4.69) is 0 Å². The second kappa shape index (κ2) is 13.7. The molecule has 2 aromatic rings. The number of hydrogen-bond acceptors (Lipinski definition) is 5. The SMILES string of the molecule is CC(C)c1c(C(=O)N(C)C2CCCC2)nn(-c2ccc(F)cc2)c1CC[C@@H](O)C[C@@H](O)CC(=O)O.[NaH]. The minimum absolute atomic E-state index is 0. The number of rotatable bonds is 11. The van der Waals surface area contributed by atoms with Gasteiger partial charge in [-0.05, 0) is 62.3 Å². The average Bonchev–Trinajstić information content (AvgIpc) is 3.45. The number of carboxylic acid groups (broad SMARTS) is 1. The van der Waals surface area contributed by atoms with Crippen molar-refractivity contribution in [2.75, 3.05) is 7.05 Å². The first kappa shape index (κ1) is 30.4. The number of benzene rings is 1. The molecule has 1 fully saturated rings. The molecule has 0 aliphatic heterocycles. The molecule has 0 unspecified atom stereocenters. The zero-order chi connectivity index (χ0) is 25.7. The van der Waals surface area contributed by atoms with Crippen molar-refractivity contribution in [3.63, 3.8) is 0 Å². The van der Waals surface area contributed by atoms with Crippen molar-refractivity contribution >= 4 is 41.4 Å². The van der Waals surface area contributed by atoms with Gasteiger partial charge in [-0.2, -0.15) is 5.10 Å². The molecule has 0 bridgehead atoms. The van der Waals surface area contributed by atoms with Gasteiger partial charge in [0.2, 0.25) is 0 Å². The van der Waals surface area contributed by atoms with Crippen molar-refractivity contribution in [3.05, 3.63) is 47.0 Å². The Labute approximate surface area is 233 Å². The van der Waals surface area contributed by atoms with Crippen molar-refractivity contribution in [2.45, 2.75) is 89.4 Å². The molecule has 1 aliphatic rings. The number of carbonyl (C=O) groups is 2. The van der Waals surface area contributed by atoms with E-state index in [0.717, 1.165) is 36.9 Å². The number of carboxylic acids is 1. The number of aliphatic carboxylic acids is 1. The Morgan fingerprint density at radius 3 is 2.31 bits per heavy atom. The fraction of sp³-hybridized carbons (Fsp3) is 0.577. The summed E-state index contributed by atoms with van der Waals surface area (Å²) in [4.78, 5) is 26.1. The molecule has 0 radical (unpaired) electrons. The second-order valence-corrected chi connectivity index (χ2v) is 9.79. The third kappa shape index (κ3) is 7.61. The van der Waals surface area contributed by atoms with Crippen molar-refractivity contribution in [1.29, 1.82) is 0 Å². The Kier molecular flexibility index (Phi) is 11.6. The van der Waals surface area contributed by atoms with Gasteiger partial charge in [0.15, 0.2) is 5.69 Å². The first-order valence-corrected chi connectivity index (χ1v) is 12.3. The van der Waals surface area contributed by atoms with E-state index in [1.807, 2.05) is 20.9 Å². The number of aromatic nitrogens is 2. The predicted molar refractivity (Wildman–Crippen MR) is 136 cm³/mol. The van der Waals surface area contributed by atoms with Crippen molar-refractivity contribution in [3.8, 4) is 5.69 Å². The fourth-order valence-electron chi connectivity index (χ4n) is 4.91. The van der Waals surface area contributed by atoms with Crippen LogP contribution < -0.4 is 0 Å². The van der Waals surface area contributed by atoms with Crippen molar-refractivity contribution in [1.82, 2.24) is 14.7 Å². The van der Waals surface area contributed by atoms with E-state index in [1.165, 1.54) is 12.1 Å². The number of nitrogens with zero attached hydrogens (tertiary/aromatic N) is 3. The summed E-state index contributed by atoms with van der Waals surface area (Å²) >= 11 is 0. The van der Waals surface area contributed by atoms with Crippen LogP contribution in [-0.4, -0.2) is 96.7 Å². The predicted octanol–water partition coefficient (Wildman–Crippen LogP) is 3.02. The molecule has 0 spiro atoms. The number of hydrogen-bond donors (Lipinski definition) is 3. The van der Waals surface area contributed by atoms with Crippen LogP contribution in [0.4, 0.5) is 4.39 Å². The van der Waals surface area contributed by atoms with Gasteiger partial charge in [0.05, 0.1) is 24.3 Å². The summed E-state index contributed by atoms with van der Waals surface area (Å²) in [6.07, 6.45) is 2.14. The Hall–Kier alpha value is -1.78. The molecule has 1 heterocycles. The normalized spacial score (nSPS) is 15.5. The maximum absolute atomic E-state index is 13.6. The third-order valence-electron chi connectivity index (χ3n) is 6.73. The topological polar surface area (TPSA) is 116 Å². The molecule has 194 valence electrons. The first-order valence-electron chi connectivity index (χ1n) is 12.3. The molecule has 36 heavy (non-hydrogen) atoms. The molecule has 3 N–H and O–H groups in total. The van der Waals surface area contributed by atoms with Crippen LogP contribution in [0, 0.1) is 5.82 Å². The number of halogens is 1. The van der Waals surface area contributed by atoms with Gasteiger partial charge >= 0.3 is 35.5 Å². The number of aliphatic hydroxyl groups is 2. The van der Waals surface area contributed by atoms with Crippen LogP contribution in [-0.2, 0) is 11.2 Å². The molecule has 1 aliphatic carbocycles. The molecule has 10 heteroatoms. The molecular weight excluding hydrogens is 476 g/mol. The van der Waals surface area contributed by atoms with Crippen LogP contribution >= 0.6 is 0 Å². The quantitative estimate of drug-likeness (QED) is 0.398. The summed E-state index contributed by atoms with van der Waals surface area (Å²) in [5.74, 6) is -1.70. The van der Waals surface area contributed by atoms with E-state index in [-0.39, 0.29) is 66.1 Å². The van der Waals surface area contributed by atoms with E-state index in [0.29, 0.717) is 17.8 Å². The van der Waals surface area contributed by atoms with E-state index in [9.17, 15) is 24.2 Å². The van der Waals surface area contributed by atoms with Crippen LogP contribution in [0.2, 0.25) is 0 Å². The summed E-state index contributed by atoms with van der Waals surface area (Å²) in [7, 11) is 1.81. The van der Waals surface area contributed by atoms with Gasteiger partial charge in [0.25, 0.3) is 5.91 Å². The summed E-state index contributed by atoms with van der Waals surface area (Å²) in [5, 5.41) is 33.9. The van der Waals surface area contributed by atoms with Gasteiger partial charge in [0, 0.05) is 24.3 Å². The molecule has 1 aromatic heterocycles. The first-order chi connectivity index (χ1) is 16.6. The number of amides is 1. The van der Waals surface area contributed by atoms with E-state index >= 15 is 0 Å². The number of carbonyl (C=O) groups excluding carboxylic acids is 1. The van der Waals surface area contributed by atoms with E-state index in [4.69, 9.17) is 10.2 Å². The third-order valence-corrected chi connectivity index (χ3v) is 6.73. The number of aliphatic hydroxyl groups excluding tert-OH is 2. The van der Waals surface area contributed by atoms with Crippen LogP contribution in [0.15, 0.2) is 24.3 Å².